The van der Waals surface area contributed by atoms with Crippen molar-refractivity contribution < 1.29 is 9.59 Å². The third-order valence-electron chi connectivity index (χ3n) is 3.71. The summed E-state index contributed by atoms with van der Waals surface area (Å²) in [6.45, 7) is 0.540. The number of amides is 2. The van der Waals surface area contributed by atoms with Crippen LogP contribution in [0.5, 0.6) is 0 Å². The van der Waals surface area contributed by atoms with Crippen LogP contribution >= 0.6 is 0 Å². The van der Waals surface area contributed by atoms with Crippen LogP contribution in [0.3, 0.4) is 0 Å². The Kier molecular flexibility index (Phi) is 4.14. The number of aromatic nitrogens is 1. The van der Waals surface area contributed by atoms with Crippen molar-refractivity contribution in [2.75, 3.05) is 6.54 Å². The third kappa shape index (κ3) is 3.14. The summed E-state index contributed by atoms with van der Waals surface area (Å²) >= 11 is 0. The minimum absolute atomic E-state index is 0.0714. The quantitative estimate of drug-likeness (QED) is 0.880. The molecule has 2 N–H and O–H groups in total. The second-order valence-electron chi connectivity index (χ2n) is 5.24. The fourth-order valence-electron chi connectivity index (χ4n) is 2.62. The molecule has 0 aliphatic carbocycles. The molecule has 2 amide bonds. The lowest BCUT2D eigenvalue weighted by Gasteiger charge is -2.11. The van der Waals surface area contributed by atoms with Crippen LogP contribution in [0.2, 0.25) is 0 Å². The van der Waals surface area contributed by atoms with Crippen LogP contribution in [0.15, 0.2) is 48.7 Å². The Morgan fingerprint density at radius 3 is 2.82 bits per heavy atom. The third-order valence-corrected chi connectivity index (χ3v) is 3.71. The Balaban J connectivity index is 1.52. The second kappa shape index (κ2) is 6.39. The van der Waals surface area contributed by atoms with Crippen molar-refractivity contribution in [2.24, 2.45) is 0 Å². The van der Waals surface area contributed by atoms with Gasteiger partial charge >= 0.3 is 0 Å². The van der Waals surface area contributed by atoms with Gasteiger partial charge in [-0.3, -0.25) is 14.6 Å². The summed E-state index contributed by atoms with van der Waals surface area (Å²) in [6.07, 6.45) is 2.69. The van der Waals surface area contributed by atoms with Crippen LogP contribution in [0.4, 0.5) is 0 Å². The van der Waals surface area contributed by atoms with E-state index in [-0.39, 0.29) is 24.3 Å². The summed E-state index contributed by atoms with van der Waals surface area (Å²) < 4.78 is 0. The maximum absolute atomic E-state index is 12.0. The Morgan fingerprint density at radius 2 is 2.00 bits per heavy atom. The molecule has 0 saturated heterocycles. The molecule has 1 aliphatic heterocycles. The summed E-state index contributed by atoms with van der Waals surface area (Å²) in [7, 11) is 0. The highest BCUT2D eigenvalue weighted by Gasteiger charge is 2.29. The number of carbonyl (C=O) groups is 2. The number of nitrogens with zero attached hydrogens (tertiary/aromatic N) is 1. The lowest BCUT2D eigenvalue weighted by atomic mass is 10.0. The van der Waals surface area contributed by atoms with Crippen LogP contribution in [0, 0.1) is 0 Å². The molecular formula is C17H17N3O2. The average molecular weight is 295 g/mol. The smallest absolute Gasteiger partial charge is 0.252 e. The van der Waals surface area contributed by atoms with Crippen LogP contribution in [-0.2, 0) is 11.2 Å². The predicted molar refractivity (Wildman–Crippen MR) is 82.2 cm³/mol. The Bertz CT molecular complexity index is 685. The highest BCUT2D eigenvalue weighted by Crippen LogP contribution is 2.27. The van der Waals surface area contributed by atoms with Gasteiger partial charge in [-0.1, -0.05) is 24.3 Å². The number of hydrogen-bond donors (Lipinski definition) is 2. The molecule has 1 aromatic heterocycles. The molecule has 0 bridgehead atoms. The standard InChI is InChI=1S/C17H17N3O2/c21-16(19-10-8-12-5-3-4-9-18-12)11-15-13-6-1-2-7-14(13)17(22)20-15/h1-7,9,15H,8,10-11H2,(H,19,21)(H,20,22)/t15-/m1/s1. The van der Waals surface area contributed by atoms with Gasteiger partial charge in [-0.2, -0.15) is 0 Å². The molecule has 0 spiro atoms. The first-order valence-corrected chi connectivity index (χ1v) is 7.30. The molecule has 1 atom stereocenters. The van der Waals surface area contributed by atoms with Gasteiger partial charge in [0.25, 0.3) is 5.91 Å². The van der Waals surface area contributed by atoms with Gasteiger partial charge < -0.3 is 10.6 Å². The van der Waals surface area contributed by atoms with Crippen molar-refractivity contribution >= 4 is 11.8 Å². The van der Waals surface area contributed by atoms with Gasteiger partial charge in [0.15, 0.2) is 0 Å². The second-order valence-corrected chi connectivity index (χ2v) is 5.24. The molecule has 0 unspecified atom stereocenters. The maximum Gasteiger partial charge on any atom is 0.252 e. The van der Waals surface area contributed by atoms with E-state index in [9.17, 15) is 9.59 Å². The van der Waals surface area contributed by atoms with Gasteiger partial charge in [0.1, 0.15) is 0 Å². The van der Waals surface area contributed by atoms with E-state index < -0.39 is 0 Å². The topological polar surface area (TPSA) is 71.1 Å². The number of benzene rings is 1. The van der Waals surface area contributed by atoms with E-state index in [0.717, 1.165) is 11.3 Å². The molecule has 112 valence electrons. The van der Waals surface area contributed by atoms with Crippen LogP contribution < -0.4 is 10.6 Å². The zero-order chi connectivity index (χ0) is 15.4. The van der Waals surface area contributed by atoms with Gasteiger partial charge in [-0.25, -0.2) is 0 Å². The maximum atomic E-state index is 12.0. The number of rotatable bonds is 5. The zero-order valence-electron chi connectivity index (χ0n) is 12.1. The monoisotopic (exact) mass is 295 g/mol. The van der Waals surface area contributed by atoms with Crippen molar-refractivity contribution in [3.63, 3.8) is 0 Å². The molecule has 22 heavy (non-hydrogen) atoms. The first-order valence-electron chi connectivity index (χ1n) is 7.30. The van der Waals surface area contributed by atoms with E-state index in [1.807, 2.05) is 36.4 Å². The summed E-state index contributed by atoms with van der Waals surface area (Å²) in [6, 6.07) is 12.9. The van der Waals surface area contributed by atoms with Crippen LogP contribution in [0.1, 0.15) is 34.1 Å². The molecular weight excluding hydrogens is 278 g/mol. The molecule has 0 radical (unpaired) electrons. The average Bonchev–Trinajstić information content (AvgIpc) is 2.85. The highest BCUT2D eigenvalue weighted by molar-refractivity contribution is 5.99. The Labute approximate surface area is 128 Å². The minimum Gasteiger partial charge on any atom is -0.356 e. The van der Waals surface area contributed by atoms with Crippen molar-refractivity contribution in [3.8, 4) is 0 Å². The lowest BCUT2D eigenvalue weighted by Crippen LogP contribution is -2.30. The van der Waals surface area contributed by atoms with Gasteiger partial charge in [0.2, 0.25) is 5.91 Å². The summed E-state index contributed by atoms with van der Waals surface area (Å²) in [4.78, 5) is 28.0. The molecule has 0 fully saturated rings. The molecule has 0 saturated carbocycles. The summed E-state index contributed by atoms with van der Waals surface area (Å²) in [5, 5.41) is 5.72. The van der Waals surface area contributed by atoms with Crippen molar-refractivity contribution in [1.82, 2.24) is 15.6 Å². The van der Waals surface area contributed by atoms with E-state index >= 15 is 0 Å². The highest BCUT2D eigenvalue weighted by atomic mass is 16.2. The number of fused-ring (bicyclic) bond motifs is 1. The Morgan fingerprint density at radius 1 is 1.18 bits per heavy atom. The van der Waals surface area contributed by atoms with Crippen LogP contribution in [-0.4, -0.2) is 23.3 Å². The SMILES string of the molecule is O=C(C[C@H]1NC(=O)c2ccccc21)NCCc1ccccn1. The van der Waals surface area contributed by atoms with Crippen molar-refractivity contribution in [2.45, 2.75) is 18.9 Å². The number of pyridine rings is 1. The minimum atomic E-state index is -0.237. The van der Waals surface area contributed by atoms with E-state index in [2.05, 4.69) is 15.6 Å². The van der Waals surface area contributed by atoms with Gasteiger partial charge in [-0.05, 0) is 23.8 Å². The fourth-order valence-corrected chi connectivity index (χ4v) is 2.62. The van der Waals surface area contributed by atoms with Gasteiger partial charge in [0.05, 0.1) is 12.5 Å². The first kappa shape index (κ1) is 14.3. The van der Waals surface area contributed by atoms with E-state index in [1.165, 1.54) is 0 Å². The van der Waals surface area contributed by atoms with Crippen molar-refractivity contribution in [3.05, 3.63) is 65.5 Å². The fraction of sp³-hybridized carbons (Fsp3) is 0.235. The van der Waals surface area contributed by atoms with Gasteiger partial charge in [-0.15, -0.1) is 0 Å². The predicted octanol–water partition coefficient (Wildman–Crippen LogP) is 1.62. The van der Waals surface area contributed by atoms with E-state index in [1.54, 1.807) is 12.3 Å². The molecule has 5 nitrogen and oxygen atoms in total. The summed E-state index contributed by atoms with van der Waals surface area (Å²) in [5.41, 5.74) is 2.50. The number of nitrogens with one attached hydrogen (secondary N) is 2. The molecule has 2 aromatic rings. The van der Waals surface area contributed by atoms with Crippen LogP contribution in [0.25, 0.3) is 0 Å². The Hall–Kier alpha value is -2.69. The van der Waals surface area contributed by atoms with Crippen molar-refractivity contribution in [1.29, 1.82) is 0 Å². The largest absolute Gasteiger partial charge is 0.356 e. The molecule has 2 heterocycles. The molecule has 3 rings (SSSR count). The summed E-state index contributed by atoms with van der Waals surface area (Å²) in [5.74, 6) is -0.181. The molecule has 5 heteroatoms. The van der Waals surface area contributed by atoms with E-state index in [0.29, 0.717) is 18.5 Å². The lowest BCUT2D eigenvalue weighted by molar-refractivity contribution is -0.121. The zero-order valence-corrected chi connectivity index (χ0v) is 12.1. The first-order chi connectivity index (χ1) is 10.7. The number of hydrogen-bond acceptors (Lipinski definition) is 3. The molecule has 1 aromatic carbocycles. The number of carbonyl (C=O) groups excluding carboxylic acids is 2. The van der Waals surface area contributed by atoms with Gasteiger partial charge in [0, 0.05) is 30.4 Å². The molecule has 1 aliphatic rings. The van der Waals surface area contributed by atoms with E-state index in [4.69, 9.17) is 0 Å². The normalized spacial score (nSPS) is 16.0.